The molecule has 1 N–H and O–H groups in total. The molecular formula is C17H22N6O. The van der Waals surface area contributed by atoms with E-state index >= 15 is 0 Å². The van der Waals surface area contributed by atoms with Gasteiger partial charge < -0.3 is 5.32 Å². The maximum atomic E-state index is 11.9. The monoisotopic (exact) mass is 326 g/mol. The Kier molecular flexibility index (Phi) is 3.29. The highest BCUT2D eigenvalue weighted by atomic mass is 16.2. The van der Waals surface area contributed by atoms with Crippen molar-refractivity contribution in [3.63, 3.8) is 0 Å². The number of hydrogen-bond donors (Lipinski definition) is 1. The molecule has 126 valence electrons. The van der Waals surface area contributed by atoms with E-state index in [1.807, 2.05) is 4.52 Å². The highest BCUT2D eigenvalue weighted by Crippen LogP contribution is 2.30. The Hall–Kier alpha value is -2.02. The number of fused-ring (bicyclic) bond motifs is 2. The maximum Gasteiger partial charge on any atom is 0.237 e. The normalized spacial score (nSPS) is 25.3. The number of piperidine rings is 1. The molecule has 2 aromatic rings. The first-order chi connectivity index (χ1) is 11.8. The largest absolute Gasteiger partial charge is 0.355 e. The van der Waals surface area contributed by atoms with E-state index in [1.165, 1.54) is 17.7 Å². The number of rotatable bonds is 2. The van der Waals surface area contributed by atoms with Crippen molar-refractivity contribution in [1.29, 1.82) is 0 Å². The Balaban J connectivity index is 1.36. The van der Waals surface area contributed by atoms with Gasteiger partial charge in [-0.2, -0.15) is 9.61 Å². The average molecular weight is 326 g/mol. The number of nitrogens with zero attached hydrogens (tertiary/aromatic N) is 5. The van der Waals surface area contributed by atoms with Gasteiger partial charge in [0, 0.05) is 12.5 Å². The van der Waals surface area contributed by atoms with Crippen LogP contribution in [0.25, 0.3) is 5.65 Å². The molecule has 2 saturated heterocycles. The molecule has 1 unspecified atom stereocenters. The third kappa shape index (κ3) is 2.22. The highest BCUT2D eigenvalue weighted by Gasteiger charge is 2.34. The molecular weight excluding hydrogens is 304 g/mol. The average Bonchev–Trinajstić information content (AvgIpc) is 3.32. The van der Waals surface area contributed by atoms with Crippen LogP contribution >= 0.6 is 0 Å². The van der Waals surface area contributed by atoms with Crippen LogP contribution in [0.4, 0.5) is 0 Å². The summed E-state index contributed by atoms with van der Waals surface area (Å²) in [6.45, 7) is 2.71. The van der Waals surface area contributed by atoms with Crippen molar-refractivity contribution in [2.75, 3.05) is 19.6 Å². The summed E-state index contributed by atoms with van der Waals surface area (Å²) < 4.78 is 1.97. The molecule has 3 aliphatic rings. The lowest BCUT2D eigenvalue weighted by molar-refractivity contribution is -0.124. The van der Waals surface area contributed by atoms with Crippen LogP contribution < -0.4 is 5.32 Å². The lowest BCUT2D eigenvalue weighted by atomic mass is 9.95. The van der Waals surface area contributed by atoms with Gasteiger partial charge in [0.1, 0.15) is 0 Å². The molecule has 0 saturated carbocycles. The van der Waals surface area contributed by atoms with Crippen molar-refractivity contribution in [1.82, 2.24) is 30.0 Å². The Morgan fingerprint density at radius 1 is 1.12 bits per heavy atom. The second-order valence-electron chi connectivity index (χ2n) is 7.20. The Labute approximate surface area is 140 Å². The van der Waals surface area contributed by atoms with Gasteiger partial charge in [-0.1, -0.05) is 0 Å². The van der Waals surface area contributed by atoms with Crippen LogP contribution in [0.1, 0.15) is 48.7 Å². The molecule has 5 rings (SSSR count). The van der Waals surface area contributed by atoms with Gasteiger partial charge in [0.05, 0.1) is 11.7 Å². The second-order valence-corrected chi connectivity index (χ2v) is 7.20. The lowest BCUT2D eigenvalue weighted by Gasteiger charge is -2.33. The number of nitrogens with one attached hydrogen (secondary N) is 1. The zero-order chi connectivity index (χ0) is 16.1. The third-order valence-electron chi connectivity index (χ3n) is 5.80. The Bertz CT molecular complexity index is 792. The molecule has 1 aliphatic carbocycles. The first-order valence-corrected chi connectivity index (χ1v) is 9.05. The van der Waals surface area contributed by atoms with E-state index in [4.69, 9.17) is 5.10 Å². The van der Waals surface area contributed by atoms with Crippen LogP contribution in [-0.4, -0.2) is 56.3 Å². The van der Waals surface area contributed by atoms with Gasteiger partial charge in [-0.3, -0.25) is 9.69 Å². The van der Waals surface area contributed by atoms with E-state index in [2.05, 4.69) is 26.5 Å². The van der Waals surface area contributed by atoms with Gasteiger partial charge in [-0.05, 0) is 63.2 Å². The van der Waals surface area contributed by atoms with Crippen LogP contribution in [0, 0.1) is 0 Å². The van der Waals surface area contributed by atoms with E-state index in [9.17, 15) is 4.79 Å². The molecule has 0 radical (unpaired) electrons. The van der Waals surface area contributed by atoms with Crippen LogP contribution in [0.3, 0.4) is 0 Å². The predicted octanol–water partition coefficient (Wildman–Crippen LogP) is 0.681. The molecule has 7 nitrogen and oxygen atoms in total. The summed E-state index contributed by atoms with van der Waals surface area (Å²) in [6.07, 6.45) is 6.35. The molecule has 1 amide bonds. The lowest BCUT2D eigenvalue weighted by Crippen LogP contribution is -2.44. The van der Waals surface area contributed by atoms with E-state index < -0.39 is 0 Å². The van der Waals surface area contributed by atoms with Crippen molar-refractivity contribution < 1.29 is 4.79 Å². The topological polar surface area (TPSA) is 75.4 Å². The summed E-state index contributed by atoms with van der Waals surface area (Å²) in [5, 5.41) is 16.6. The SMILES string of the molecule is O=C1NCCC1N1CCC(c2nnc3cc4c(nn23)CCC4)CC1. The van der Waals surface area contributed by atoms with Gasteiger partial charge in [0.25, 0.3) is 0 Å². The van der Waals surface area contributed by atoms with Crippen molar-refractivity contribution in [2.45, 2.75) is 50.5 Å². The highest BCUT2D eigenvalue weighted by molar-refractivity contribution is 5.83. The number of carbonyl (C=O) groups excluding carboxylic acids is 1. The summed E-state index contributed by atoms with van der Waals surface area (Å²) in [7, 11) is 0. The quantitative estimate of drug-likeness (QED) is 0.878. The first-order valence-electron chi connectivity index (χ1n) is 9.05. The number of likely N-dealkylation sites (tertiary alicyclic amines) is 1. The Morgan fingerprint density at radius 3 is 2.79 bits per heavy atom. The van der Waals surface area contributed by atoms with E-state index in [0.29, 0.717) is 5.92 Å². The van der Waals surface area contributed by atoms with E-state index in [0.717, 1.165) is 63.2 Å². The fourth-order valence-corrected chi connectivity index (χ4v) is 4.45. The number of hydrogen-bond acceptors (Lipinski definition) is 5. The van der Waals surface area contributed by atoms with Gasteiger partial charge >= 0.3 is 0 Å². The fraction of sp³-hybridized carbons (Fsp3) is 0.647. The smallest absolute Gasteiger partial charge is 0.237 e. The number of carbonyl (C=O) groups is 1. The van der Waals surface area contributed by atoms with Gasteiger partial charge in [0.15, 0.2) is 11.5 Å². The maximum absolute atomic E-state index is 11.9. The fourth-order valence-electron chi connectivity index (χ4n) is 4.45. The van der Waals surface area contributed by atoms with Crippen molar-refractivity contribution >= 4 is 11.6 Å². The molecule has 2 aliphatic heterocycles. The third-order valence-corrected chi connectivity index (χ3v) is 5.80. The molecule has 4 heterocycles. The molecule has 0 bridgehead atoms. The van der Waals surface area contributed by atoms with Crippen LogP contribution in [0.2, 0.25) is 0 Å². The molecule has 24 heavy (non-hydrogen) atoms. The van der Waals surface area contributed by atoms with Crippen LogP contribution in [0.15, 0.2) is 6.07 Å². The van der Waals surface area contributed by atoms with Gasteiger partial charge in [-0.25, -0.2) is 0 Å². The minimum atomic E-state index is 0.0717. The zero-order valence-corrected chi connectivity index (χ0v) is 13.7. The number of aryl methyl sites for hydroxylation is 2. The van der Waals surface area contributed by atoms with Gasteiger partial charge in [-0.15, -0.1) is 10.2 Å². The summed E-state index contributed by atoms with van der Waals surface area (Å²) in [5.41, 5.74) is 3.43. The predicted molar refractivity (Wildman–Crippen MR) is 87.8 cm³/mol. The van der Waals surface area contributed by atoms with Crippen molar-refractivity contribution in [2.24, 2.45) is 0 Å². The Morgan fingerprint density at radius 2 is 2.00 bits per heavy atom. The molecule has 0 aromatic carbocycles. The molecule has 2 aromatic heterocycles. The van der Waals surface area contributed by atoms with E-state index in [-0.39, 0.29) is 11.9 Å². The van der Waals surface area contributed by atoms with Gasteiger partial charge in [0.2, 0.25) is 5.91 Å². The molecule has 7 heteroatoms. The van der Waals surface area contributed by atoms with Crippen molar-refractivity contribution in [3.05, 3.63) is 23.1 Å². The number of aromatic nitrogens is 4. The molecule has 1 atom stereocenters. The standard InChI is InChI=1S/C17H22N6O/c24-17-14(4-7-18-17)22-8-5-11(6-9-22)16-20-19-15-10-12-2-1-3-13(12)21-23(15)16/h10-11,14H,1-9H2,(H,18,24). The van der Waals surface area contributed by atoms with Crippen LogP contribution in [-0.2, 0) is 17.6 Å². The minimum Gasteiger partial charge on any atom is -0.355 e. The van der Waals surface area contributed by atoms with Crippen LogP contribution in [0.5, 0.6) is 0 Å². The molecule has 2 fully saturated rings. The summed E-state index contributed by atoms with van der Waals surface area (Å²) in [6, 6.07) is 2.23. The summed E-state index contributed by atoms with van der Waals surface area (Å²) >= 11 is 0. The summed E-state index contributed by atoms with van der Waals surface area (Å²) in [4.78, 5) is 14.2. The molecule has 0 spiro atoms. The summed E-state index contributed by atoms with van der Waals surface area (Å²) in [5.74, 6) is 1.57. The number of amides is 1. The zero-order valence-electron chi connectivity index (χ0n) is 13.7. The second kappa shape index (κ2) is 5.51. The first kappa shape index (κ1) is 14.3. The van der Waals surface area contributed by atoms with Crippen molar-refractivity contribution in [3.8, 4) is 0 Å². The van der Waals surface area contributed by atoms with E-state index in [1.54, 1.807) is 0 Å². The minimum absolute atomic E-state index is 0.0717.